The van der Waals surface area contributed by atoms with Crippen molar-refractivity contribution in [2.24, 2.45) is 0 Å². The van der Waals surface area contributed by atoms with Gasteiger partial charge in [0.2, 0.25) is 5.91 Å². The van der Waals surface area contributed by atoms with Crippen LogP contribution in [0.3, 0.4) is 0 Å². The molecule has 1 aromatic rings. The van der Waals surface area contributed by atoms with E-state index >= 15 is 0 Å². The zero-order valence-corrected chi connectivity index (χ0v) is 7.48. The highest BCUT2D eigenvalue weighted by molar-refractivity contribution is 5.95. The SMILES string of the molecule is O=C1CC(O)CN1c1ccc(F)cc1. The van der Waals surface area contributed by atoms with E-state index in [4.69, 9.17) is 0 Å². The molecule has 0 radical (unpaired) electrons. The van der Waals surface area contributed by atoms with Crippen molar-refractivity contribution in [3.8, 4) is 0 Å². The van der Waals surface area contributed by atoms with Crippen LogP contribution in [0.5, 0.6) is 0 Å². The van der Waals surface area contributed by atoms with Crippen LogP contribution in [0.4, 0.5) is 10.1 Å². The first-order valence-corrected chi connectivity index (χ1v) is 4.41. The molecule has 0 saturated carbocycles. The van der Waals surface area contributed by atoms with E-state index in [1.807, 2.05) is 0 Å². The Morgan fingerprint density at radius 1 is 1.36 bits per heavy atom. The molecule has 0 aliphatic carbocycles. The van der Waals surface area contributed by atoms with Gasteiger partial charge in [-0.3, -0.25) is 4.79 Å². The van der Waals surface area contributed by atoms with Gasteiger partial charge in [-0.15, -0.1) is 0 Å². The fraction of sp³-hybridized carbons (Fsp3) is 0.300. The Bertz CT molecular complexity index is 350. The van der Waals surface area contributed by atoms with E-state index < -0.39 is 6.10 Å². The lowest BCUT2D eigenvalue weighted by Gasteiger charge is -2.15. The van der Waals surface area contributed by atoms with E-state index in [1.54, 1.807) is 0 Å². The monoisotopic (exact) mass is 195 g/mol. The Hall–Kier alpha value is -1.42. The molecule has 1 N–H and O–H groups in total. The number of amides is 1. The second-order valence-electron chi connectivity index (χ2n) is 3.34. The fourth-order valence-corrected chi connectivity index (χ4v) is 1.56. The van der Waals surface area contributed by atoms with Crippen molar-refractivity contribution in [2.45, 2.75) is 12.5 Å². The normalized spacial score (nSPS) is 21.7. The third-order valence-corrected chi connectivity index (χ3v) is 2.24. The third-order valence-electron chi connectivity index (χ3n) is 2.24. The highest BCUT2D eigenvalue weighted by Gasteiger charge is 2.28. The average Bonchev–Trinajstić information content (AvgIpc) is 2.47. The Labute approximate surface area is 80.8 Å². The Morgan fingerprint density at radius 2 is 2.00 bits per heavy atom. The van der Waals surface area contributed by atoms with Crippen LogP contribution in [-0.4, -0.2) is 23.7 Å². The zero-order valence-electron chi connectivity index (χ0n) is 7.48. The molecule has 3 nitrogen and oxygen atoms in total. The molecule has 1 amide bonds. The van der Waals surface area contributed by atoms with Gasteiger partial charge in [0.15, 0.2) is 0 Å². The minimum Gasteiger partial charge on any atom is -0.391 e. The molecule has 2 rings (SSSR count). The van der Waals surface area contributed by atoms with Gasteiger partial charge in [-0.1, -0.05) is 0 Å². The maximum atomic E-state index is 12.6. The number of β-amino-alcohol motifs (C(OH)–C–C–N with tert-alkyl or cyclic N) is 1. The molecule has 0 aromatic heterocycles. The van der Waals surface area contributed by atoms with Gasteiger partial charge in [0.25, 0.3) is 0 Å². The Balaban J connectivity index is 2.23. The van der Waals surface area contributed by atoms with Gasteiger partial charge in [-0.25, -0.2) is 4.39 Å². The second-order valence-corrected chi connectivity index (χ2v) is 3.34. The van der Waals surface area contributed by atoms with Crippen LogP contribution in [0.15, 0.2) is 24.3 Å². The zero-order chi connectivity index (χ0) is 10.1. The van der Waals surface area contributed by atoms with Gasteiger partial charge in [0, 0.05) is 5.69 Å². The number of hydrogen-bond acceptors (Lipinski definition) is 2. The van der Waals surface area contributed by atoms with E-state index in [1.165, 1.54) is 29.2 Å². The Morgan fingerprint density at radius 3 is 2.50 bits per heavy atom. The number of nitrogens with zero attached hydrogens (tertiary/aromatic N) is 1. The van der Waals surface area contributed by atoms with E-state index in [0.717, 1.165) is 0 Å². The van der Waals surface area contributed by atoms with Crippen LogP contribution in [0.2, 0.25) is 0 Å². The number of carbonyl (C=O) groups excluding carboxylic acids is 1. The average molecular weight is 195 g/mol. The summed E-state index contributed by atoms with van der Waals surface area (Å²) in [7, 11) is 0. The summed E-state index contributed by atoms with van der Waals surface area (Å²) in [5.74, 6) is -0.454. The number of rotatable bonds is 1. The van der Waals surface area contributed by atoms with E-state index in [9.17, 15) is 14.3 Å². The minimum absolute atomic E-state index is 0.121. The molecule has 0 bridgehead atoms. The molecule has 14 heavy (non-hydrogen) atoms. The predicted molar refractivity (Wildman–Crippen MR) is 49.4 cm³/mol. The molecular weight excluding hydrogens is 185 g/mol. The molecule has 4 heteroatoms. The molecule has 1 heterocycles. The lowest BCUT2D eigenvalue weighted by Crippen LogP contribution is -2.25. The highest BCUT2D eigenvalue weighted by atomic mass is 19.1. The van der Waals surface area contributed by atoms with Crippen molar-refractivity contribution in [3.05, 3.63) is 30.1 Å². The van der Waals surface area contributed by atoms with Crippen molar-refractivity contribution in [3.63, 3.8) is 0 Å². The maximum absolute atomic E-state index is 12.6. The molecule has 1 aliphatic rings. The molecule has 74 valence electrons. The summed E-state index contributed by atoms with van der Waals surface area (Å²) in [6.07, 6.45) is -0.454. The van der Waals surface area contributed by atoms with E-state index in [2.05, 4.69) is 0 Å². The highest BCUT2D eigenvalue weighted by Crippen LogP contribution is 2.21. The van der Waals surface area contributed by atoms with Crippen LogP contribution in [-0.2, 0) is 4.79 Å². The first-order chi connectivity index (χ1) is 6.66. The van der Waals surface area contributed by atoms with Crippen LogP contribution in [0.25, 0.3) is 0 Å². The predicted octanol–water partition coefficient (Wildman–Crippen LogP) is 0.923. The van der Waals surface area contributed by atoms with Crippen LogP contribution in [0.1, 0.15) is 6.42 Å². The standard InChI is InChI=1S/C10H10FNO2/c11-7-1-3-8(4-2-7)12-6-9(13)5-10(12)14/h1-4,9,13H,5-6H2. The molecule has 1 unspecified atom stereocenters. The first-order valence-electron chi connectivity index (χ1n) is 4.41. The second kappa shape index (κ2) is 3.38. The largest absolute Gasteiger partial charge is 0.391 e. The van der Waals surface area contributed by atoms with Gasteiger partial charge in [-0.2, -0.15) is 0 Å². The number of benzene rings is 1. The number of hydrogen-bond donors (Lipinski definition) is 1. The quantitative estimate of drug-likeness (QED) is 0.724. The fourth-order valence-electron chi connectivity index (χ4n) is 1.56. The van der Waals surface area contributed by atoms with E-state index in [-0.39, 0.29) is 18.1 Å². The summed E-state index contributed by atoms with van der Waals surface area (Å²) in [6.45, 7) is 0.296. The van der Waals surface area contributed by atoms with Crippen molar-refractivity contribution in [1.82, 2.24) is 0 Å². The summed E-state index contributed by atoms with van der Waals surface area (Å²) in [5, 5.41) is 9.25. The smallest absolute Gasteiger partial charge is 0.229 e. The summed E-state index contributed by atoms with van der Waals surface area (Å²) < 4.78 is 12.6. The molecule has 1 fully saturated rings. The number of halogens is 1. The number of anilines is 1. The number of carbonyl (C=O) groups is 1. The summed E-state index contributed by atoms with van der Waals surface area (Å²) >= 11 is 0. The number of aliphatic hydroxyl groups is 1. The molecule has 0 spiro atoms. The van der Waals surface area contributed by atoms with Crippen molar-refractivity contribution in [1.29, 1.82) is 0 Å². The van der Waals surface area contributed by atoms with Crippen molar-refractivity contribution in [2.75, 3.05) is 11.4 Å². The van der Waals surface area contributed by atoms with Gasteiger partial charge >= 0.3 is 0 Å². The minimum atomic E-state index is -0.604. The molecule has 1 saturated heterocycles. The lowest BCUT2D eigenvalue weighted by molar-refractivity contribution is -0.117. The van der Waals surface area contributed by atoms with Crippen molar-refractivity contribution < 1.29 is 14.3 Å². The molecule has 1 atom stereocenters. The molecule has 1 aliphatic heterocycles. The van der Waals surface area contributed by atoms with Gasteiger partial charge < -0.3 is 10.0 Å². The van der Waals surface area contributed by atoms with Crippen molar-refractivity contribution >= 4 is 11.6 Å². The third kappa shape index (κ3) is 1.61. The maximum Gasteiger partial charge on any atom is 0.229 e. The Kier molecular flexibility index (Phi) is 2.21. The van der Waals surface area contributed by atoms with Crippen LogP contribution >= 0.6 is 0 Å². The number of aliphatic hydroxyl groups excluding tert-OH is 1. The first kappa shape index (κ1) is 9.15. The van der Waals surface area contributed by atoms with Crippen LogP contribution < -0.4 is 4.90 Å². The summed E-state index contributed by atoms with van der Waals surface area (Å²) in [4.78, 5) is 12.8. The summed E-state index contributed by atoms with van der Waals surface area (Å²) in [5.41, 5.74) is 0.632. The lowest BCUT2D eigenvalue weighted by atomic mass is 10.3. The van der Waals surface area contributed by atoms with E-state index in [0.29, 0.717) is 12.2 Å². The van der Waals surface area contributed by atoms with Crippen LogP contribution in [0, 0.1) is 5.82 Å². The topological polar surface area (TPSA) is 40.5 Å². The van der Waals surface area contributed by atoms with Gasteiger partial charge in [0.1, 0.15) is 5.82 Å². The van der Waals surface area contributed by atoms with Gasteiger partial charge in [0.05, 0.1) is 19.1 Å². The molecular formula is C10H10FNO2. The van der Waals surface area contributed by atoms with Gasteiger partial charge in [-0.05, 0) is 24.3 Å². The summed E-state index contributed by atoms with van der Waals surface area (Å²) in [6, 6.07) is 5.66. The molecule has 1 aromatic carbocycles.